The number of nitrogens with one attached hydrogen (secondary N) is 2. The van der Waals surface area contributed by atoms with Crippen molar-refractivity contribution in [1.82, 2.24) is 10.3 Å². The molecule has 2 N–H and O–H groups in total. The number of H-pyrrole nitrogens is 1. The van der Waals surface area contributed by atoms with E-state index in [0.717, 1.165) is 26.5 Å². The Morgan fingerprint density at radius 1 is 1.10 bits per heavy atom. The van der Waals surface area contributed by atoms with Crippen LogP contribution < -0.4 is 5.32 Å². The molecule has 1 aromatic heterocycles. The van der Waals surface area contributed by atoms with Crippen LogP contribution >= 0.6 is 27.5 Å². The lowest BCUT2D eigenvalue weighted by atomic mass is 10.1. The minimum Gasteiger partial charge on any atom is -0.361 e. The molecule has 3 aromatic rings. The van der Waals surface area contributed by atoms with Gasteiger partial charge >= 0.3 is 0 Å². The molecular formula is C16H13BrClFN2. The Kier molecular flexibility index (Phi) is 4.29. The Balaban J connectivity index is 1.71. The van der Waals surface area contributed by atoms with Gasteiger partial charge in [-0.05, 0) is 41.5 Å². The van der Waals surface area contributed by atoms with E-state index in [-0.39, 0.29) is 5.82 Å². The second kappa shape index (κ2) is 6.18. The number of aromatic amines is 1. The molecule has 0 atom stereocenters. The van der Waals surface area contributed by atoms with Gasteiger partial charge in [0.2, 0.25) is 0 Å². The predicted molar refractivity (Wildman–Crippen MR) is 88.0 cm³/mol. The minimum atomic E-state index is -0.225. The second-order valence-electron chi connectivity index (χ2n) is 4.84. The number of hydrogen-bond acceptors (Lipinski definition) is 1. The monoisotopic (exact) mass is 366 g/mol. The van der Waals surface area contributed by atoms with Gasteiger partial charge in [0.25, 0.3) is 0 Å². The number of rotatable bonds is 4. The van der Waals surface area contributed by atoms with Gasteiger partial charge in [-0.1, -0.05) is 33.6 Å². The fourth-order valence-corrected chi connectivity index (χ4v) is 2.87. The molecule has 21 heavy (non-hydrogen) atoms. The molecule has 0 aliphatic heterocycles. The summed E-state index contributed by atoms with van der Waals surface area (Å²) in [7, 11) is 0. The number of benzene rings is 2. The van der Waals surface area contributed by atoms with E-state index in [1.807, 2.05) is 24.4 Å². The van der Waals surface area contributed by atoms with Gasteiger partial charge < -0.3 is 10.3 Å². The molecule has 2 nitrogen and oxygen atoms in total. The Bertz CT molecular complexity index is 785. The van der Waals surface area contributed by atoms with Gasteiger partial charge in [-0.3, -0.25) is 0 Å². The van der Waals surface area contributed by atoms with Gasteiger partial charge in [-0.25, -0.2) is 4.39 Å². The van der Waals surface area contributed by atoms with Crippen LogP contribution in [0, 0.1) is 5.82 Å². The van der Waals surface area contributed by atoms with Crippen molar-refractivity contribution in [3.8, 4) is 0 Å². The van der Waals surface area contributed by atoms with Crippen LogP contribution in [-0.2, 0) is 13.1 Å². The van der Waals surface area contributed by atoms with E-state index in [1.54, 1.807) is 6.07 Å². The summed E-state index contributed by atoms with van der Waals surface area (Å²) in [6, 6.07) is 10.5. The number of aromatic nitrogens is 1. The van der Waals surface area contributed by atoms with Gasteiger partial charge in [-0.15, -0.1) is 0 Å². The third-order valence-corrected chi connectivity index (χ3v) is 4.38. The number of halogens is 3. The van der Waals surface area contributed by atoms with Crippen LogP contribution in [-0.4, -0.2) is 4.98 Å². The standard InChI is InChI=1S/C16H13BrClFN2/c17-15-4-2-13(19)5-10(15)7-20-8-11-9-21-16-6-12(18)1-3-14(11)16/h1-6,9,20-21H,7-8H2. The number of hydrogen-bond donors (Lipinski definition) is 2. The Hall–Kier alpha value is -1.36. The van der Waals surface area contributed by atoms with Crippen LogP contribution in [0.5, 0.6) is 0 Å². The van der Waals surface area contributed by atoms with Crippen LogP contribution in [0.3, 0.4) is 0 Å². The van der Waals surface area contributed by atoms with E-state index in [0.29, 0.717) is 18.1 Å². The van der Waals surface area contributed by atoms with Crippen LogP contribution in [0.2, 0.25) is 5.02 Å². The van der Waals surface area contributed by atoms with Gasteiger partial charge in [0.1, 0.15) is 5.82 Å². The highest BCUT2D eigenvalue weighted by Gasteiger charge is 2.05. The van der Waals surface area contributed by atoms with Crippen LogP contribution in [0.25, 0.3) is 10.9 Å². The Labute approximate surface area is 135 Å². The van der Waals surface area contributed by atoms with E-state index in [2.05, 4.69) is 26.2 Å². The molecule has 1 heterocycles. The zero-order valence-corrected chi connectivity index (χ0v) is 13.4. The molecule has 0 bridgehead atoms. The molecular weight excluding hydrogens is 355 g/mol. The second-order valence-corrected chi connectivity index (χ2v) is 6.13. The van der Waals surface area contributed by atoms with Crippen molar-refractivity contribution in [2.75, 3.05) is 0 Å². The maximum absolute atomic E-state index is 13.2. The smallest absolute Gasteiger partial charge is 0.123 e. The molecule has 0 saturated carbocycles. The molecule has 0 aliphatic rings. The molecule has 0 saturated heterocycles. The summed E-state index contributed by atoms with van der Waals surface area (Å²) in [4.78, 5) is 3.20. The van der Waals surface area contributed by atoms with Crippen molar-refractivity contribution in [2.45, 2.75) is 13.1 Å². The fourth-order valence-electron chi connectivity index (χ4n) is 2.32. The molecule has 0 spiro atoms. The number of fused-ring (bicyclic) bond motifs is 1. The Morgan fingerprint density at radius 2 is 1.90 bits per heavy atom. The topological polar surface area (TPSA) is 27.8 Å². The maximum atomic E-state index is 13.2. The first-order valence-corrected chi connectivity index (χ1v) is 7.71. The van der Waals surface area contributed by atoms with E-state index < -0.39 is 0 Å². The van der Waals surface area contributed by atoms with Gasteiger partial charge in [0.15, 0.2) is 0 Å². The van der Waals surface area contributed by atoms with Crippen molar-refractivity contribution in [3.63, 3.8) is 0 Å². The third kappa shape index (κ3) is 3.28. The predicted octanol–water partition coefficient (Wildman–Crippen LogP) is 5.01. The van der Waals surface area contributed by atoms with E-state index >= 15 is 0 Å². The molecule has 0 amide bonds. The highest BCUT2D eigenvalue weighted by atomic mass is 79.9. The third-order valence-electron chi connectivity index (χ3n) is 3.37. The summed E-state index contributed by atoms with van der Waals surface area (Å²) in [6.45, 7) is 1.29. The maximum Gasteiger partial charge on any atom is 0.123 e. The molecule has 108 valence electrons. The lowest BCUT2D eigenvalue weighted by Gasteiger charge is -2.07. The van der Waals surface area contributed by atoms with Gasteiger partial charge in [0, 0.05) is 39.7 Å². The van der Waals surface area contributed by atoms with Crippen LogP contribution in [0.1, 0.15) is 11.1 Å². The van der Waals surface area contributed by atoms with Crippen molar-refractivity contribution in [2.24, 2.45) is 0 Å². The average Bonchev–Trinajstić information content (AvgIpc) is 2.85. The summed E-state index contributed by atoms with van der Waals surface area (Å²) in [5, 5.41) is 5.19. The summed E-state index contributed by atoms with van der Waals surface area (Å²) < 4.78 is 14.1. The average molecular weight is 368 g/mol. The van der Waals surface area contributed by atoms with Crippen molar-refractivity contribution in [3.05, 3.63) is 69.0 Å². The van der Waals surface area contributed by atoms with Crippen molar-refractivity contribution in [1.29, 1.82) is 0 Å². The molecule has 5 heteroatoms. The first-order valence-electron chi connectivity index (χ1n) is 6.53. The quantitative estimate of drug-likeness (QED) is 0.666. The molecule has 0 fully saturated rings. The summed E-state index contributed by atoms with van der Waals surface area (Å²) in [6.07, 6.45) is 1.97. The minimum absolute atomic E-state index is 0.225. The van der Waals surface area contributed by atoms with E-state index in [9.17, 15) is 4.39 Å². The first-order chi connectivity index (χ1) is 10.1. The highest BCUT2D eigenvalue weighted by molar-refractivity contribution is 9.10. The van der Waals surface area contributed by atoms with Gasteiger partial charge in [0.05, 0.1) is 0 Å². The highest BCUT2D eigenvalue weighted by Crippen LogP contribution is 2.22. The lowest BCUT2D eigenvalue weighted by Crippen LogP contribution is -2.13. The van der Waals surface area contributed by atoms with E-state index in [1.165, 1.54) is 12.1 Å². The van der Waals surface area contributed by atoms with Crippen LogP contribution in [0.4, 0.5) is 4.39 Å². The largest absolute Gasteiger partial charge is 0.361 e. The van der Waals surface area contributed by atoms with Crippen molar-refractivity contribution >= 4 is 38.4 Å². The van der Waals surface area contributed by atoms with Gasteiger partial charge in [-0.2, -0.15) is 0 Å². The zero-order valence-electron chi connectivity index (χ0n) is 11.1. The summed E-state index contributed by atoms with van der Waals surface area (Å²) in [5.74, 6) is -0.225. The zero-order chi connectivity index (χ0) is 14.8. The molecule has 0 unspecified atom stereocenters. The summed E-state index contributed by atoms with van der Waals surface area (Å²) in [5.41, 5.74) is 3.08. The van der Waals surface area contributed by atoms with Crippen LogP contribution in [0.15, 0.2) is 47.1 Å². The molecule has 0 aliphatic carbocycles. The molecule has 0 radical (unpaired) electrons. The molecule has 3 rings (SSSR count). The van der Waals surface area contributed by atoms with E-state index in [4.69, 9.17) is 11.6 Å². The Morgan fingerprint density at radius 3 is 2.76 bits per heavy atom. The lowest BCUT2D eigenvalue weighted by molar-refractivity contribution is 0.619. The van der Waals surface area contributed by atoms with Crippen molar-refractivity contribution < 1.29 is 4.39 Å². The molecule has 2 aromatic carbocycles. The normalized spacial score (nSPS) is 11.2. The first kappa shape index (κ1) is 14.6. The SMILES string of the molecule is Fc1ccc(Br)c(CNCc2c[nH]c3cc(Cl)ccc23)c1. The fraction of sp³-hybridized carbons (Fsp3) is 0.125. The summed E-state index contributed by atoms with van der Waals surface area (Å²) >= 11 is 9.40.